The van der Waals surface area contributed by atoms with Crippen LogP contribution in [0.2, 0.25) is 0 Å². The molecule has 0 saturated heterocycles. The molecule has 1 aromatic rings. The predicted molar refractivity (Wildman–Crippen MR) is 48.2 cm³/mol. The lowest BCUT2D eigenvalue weighted by atomic mass is 10.2. The number of anilines is 2. The molecule has 13 heavy (non-hydrogen) atoms. The molecule has 1 aliphatic rings. The van der Waals surface area contributed by atoms with E-state index in [-0.39, 0.29) is 5.91 Å². The van der Waals surface area contributed by atoms with Crippen molar-refractivity contribution in [3.8, 4) is 0 Å². The summed E-state index contributed by atoms with van der Waals surface area (Å²) < 4.78 is 0. The summed E-state index contributed by atoms with van der Waals surface area (Å²) in [6.07, 6.45) is 1.01. The van der Waals surface area contributed by atoms with Gasteiger partial charge in [0, 0.05) is 12.0 Å². The normalized spacial score (nSPS) is 14.1. The first-order valence-corrected chi connectivity index (χ1v) is 4.15. The second-order valence-electron chi connectivity index (χ2n) is 2.93. The van der Waals surface area contributed by atoms with E-state index < -0.39 is 0 Å². The summed E-state index contributed by atoms with van der Waals surface area (Å²) in [6, 6.07) is 0. The smallest absolute Gasteiger partial charge is 0.230 e. The van der Waals surface area contributed by atoms with Crippen molar-refractivity contribution in [3.63, 3.8) is 0 Å². The monoisotopic (exact) mass is 178 g/mol. The summed E-state index contributed by atoms with van der Waals surface area (Å²) in [5.41, 5.74) is 6.39. The molecule has 5 heteroatoms. The Labute approximate surface area is 75.4 Å². The van der Waals surface area contributed by atoms with Crippen molar-refractivity contribution in [2.75, 3.05) is 11.1 Å². The summed E-state index contributed by atoms with van der Waals surface area (Å²) >= 11 is 0. The summed E-state index contributed by atoms with van der Waals surface area (Å²) in [4.78, 5) is 19.2. The van der Waals surface area contributed by atoms with Crippen molar-refractivity contribution in [1.82, 2.24) is 9.97 Å². The van der Waals surface area contributed by atoms with Gasteiger partial charge in [-0.15, -0.1) is 0 Å². The number of hydrogen-bond acceptors (Lipinski definition) is 4. The molecular formula is C8H10N4O. The second kappa shape index (κ2) is 2.69. The van der Waals surface area contributed by atoms with Gasteiger partial charge in [0.15, 0.2) is 0 Å². The number of aromatic nitrogens is 2. The number of carbonyl (C=O) groups is 1. The standard InChI is InChI=1S/C8H10N4O/c1-2-5-10-7(9)4-3-6(13)12-8(4)11-5/h2-3H2,1H3,(H3,9,10,11,12,13). The number of fused-ring (bicyclic) bond motifs is 1. The fourth-order valence-corrected chi connectivity index (χ4v) is 1.32. The molecule has 0 unspecified atom stereocenters. The summed E-state index contributed by atoms with van der Waals surface area (Å²) in [7, 11) is 0. The highest BCUT2D eigenvalue weighted by molar-refractivity contribution is 5.99. The van der Waals surface area contributed by atoms with Crippen LogP contribution < -0.4 is 11.1 Å². The van der Waals surface area contributed by atoms with Crippen LogP contribution in [0.15, 0.2) is 0 Å². The molecule has 5 nitrogen and oxygen atoms in total. The first kappa shape index (κ1) is 7.97. The quantitative estimate of drug-likeness (QED) is 0.639. The summed E-state index contributed by atoms with van der Waals surface area (Å²) in [5, 5.41) is 2.64. The second-order valence-corrected chi connectivity index (χ2v) is 2.93. The molecule has 2 heterocycles. The van der Waals surface area contributed by atoms with Crippen molar-refractivity contribution >= 4 is 17.5 Å². The van der Waals surface area contributed by atoms with Crippen molar-refractivity contribution < 1.29 is 4.79 Å². The highest BCUT2D eigenvalue weighted by atomic mass is 16.1. The zero-order valence-electron chi connectivity index (χ0n) is 7.29. The topological polar surface area (TPSA) is 80.9 Å². The van der Waals surface area contributed by atoms with Crippen LogP contribution >= 0.6 is 0 Å². The number of nitrogens with two attached hydrogens (primary N) is 1. The largest absolute Gasteiger partial charge is 0.383 e. The Morgan fingerprint density at radius 2 is 2.31 bits per heavy atom. The Morgan fingerprint density at radius 1 is 1.54 bits per heavy atom. The van der Waals surface area contributed by atoms with Gasteiger partial charge in [0.25, 0.3) is 0 Å². The van der Waals surface area contributed by atoms with Crippen LogP contribution in [0.1, 0.15) is 18.3 Å². The molecule has 1 aliphatic heterocycles. The van der Waals surface area contributed by atoms with E-state index in [1.165, 1.54) is 0 Å². The first-order chi connectivity index (χ1) is 6.20. The van der Waals surface area contributed by atoms with Crippen LogP contribution in [-0.4, -0.2) is 15.9 Å². The lowest BCUT2D eigenvalue weighted by Gasteiger charge is -2.02. The van der Waals surface area contributed by atoms with E-state index in [0.29, 0.717) is 30.3 Å². The van der Waals surface area contributed by atoms with Crippen LogP contribution in [0.25, 0.3) is 0 Å². The molecule has 0 radical (unpaired) electrons. The van der Waals surface area contributed by atoms with Gasteiger partial charge < -0.3 is 11.1 Å². The molecule has 2 rings (SSSR count). The average Bonchev–Trinajstić information content (AvgIpc) is 2.46. The van der Waals surface area contributed by atoms with Crippen LogP contribution in [0.3, 0.4) is 0 Å². The Hall–Kier alpha value is -1.65. The third-order valence-electron chi connectivity index (χ3n) is 2.00. The Kier molecular flexibility index (Phi) is 1.65. The maximum atomic E-state index is 11.0. The molecule has 68 valence electrons. The molecule has 0 bridgehead atoms. The first-order valence-electron chi connectivity index (χ1n) is 4.15. The fourth-order valence-electron chi connectivity index (χ4n) is 1.32. The highest BCUT2D eigenvalue weighted by Crippen LogP contribution is 2.24. The van der Waals surface area contributed by atoms with Gasteiger partial charge in [0.2, 0.25) is 5.91 Å². The van der Waals surface area contributed by atoms with Crippen molar-refractivity contribution in [1.29, 1.82) is 0 Å². The molecule has 1 aromatic heterocycles. The molecule has 0 atom stereocenters. The molecular weight excluding hydrogens is 168 g/mol. The van der Waals surface area contributed by atoms with Gasteiger partial charge in [-0.05, 0) is 0 Å². The highest BCUT2D eigenvalue weighted by Gasteiger charge is 2.22. The third-order valence-corrected chi connectivity index (χ3v) is 2.00. The number of hydrogen-bond donors (Lipinski definition) is 2. The predicted octanol–water partition coefficient (Wildman–Crippen LogP) is 0.116. The Morgan fingerprint density at radius 3 is 3.00 bits per heavy atom. The van der Waals surface area contributed by atoms with Crippen LogP contribution in [0.4, 0.5) is 11.6 Å². The van der Waals surface area contributed by atoms with E-state index in [9.17, 15) is 4.79 Å². The molecule has 3 N–H and O–H groups in total. The Balaban J connectivity index is 2.52. The molecule has 0 aliphatic carbocycles. The fraction of sp³-hybridized carbons (Fsp3) is 0.375. The maximum absolute atomic E-state index is 11.0. The zero-order chi connectivity index (χ0) is 9.42. The van der Waals surface area contributed by atoms with Crippen LogP contribution in [0.5, 0.6) is 0 Å². The van der Waals surface area contributed by atoms with Gasteiger partial charge in [0.05, 0.1) is 6.42 Å². The van der Waals surface area contributed by atoms with Crippen molar-refractivity contribution in [2.24, 2.45) is 0 Å². The van der Waals surface area contributed by atoms with Crippen molar-refractivity contribution in [3.05, 3.63) is 11.4 Å². The van der Waals surface area contributed by atoms with Crippen LogP contribution in [0, 0.1) is 0 Å². The molecule has 0 saturated carbocycles. The minimum atomic E-state index is -0.0655. The van der Waals surface area contributed by atoms with E-state index in [1.807, 2.05) is 6.92 Å². The minimum absolute atomic E-state index is 0.0655. The lowest BCUT2D eigenvalue weighted by Crippen LogP contribution is -2.05. The average molecular weight is 178 g/mol. The van der Waals surface area contributed by atoms with E-state index in [0.717, 1.165) is 5.56 Å². The molecule has 0 fully saturated rings. The molecule has 1 amide bonds. The number of aryl methyl sites for hydroxylation is 1. The third kappa shape index (κ3) is 1.22. The maximum Gasteiger partial charge on any atom is 0.230 e. The Bertz CT molecular complexity index is 375. The number of nitrogens with zero attached hydrogens (tertiary/aromatic N) is 2. The van der Waals surface area contributed by atoms with Gasteiger partial charge >= 0.3 is 0 Å². The number of carbonyl (C=O) groups excluding carboxylic acids is 1. The van der Waals surface area contributed by atoms with E-state index >= 15 is 0 Å². The molecule has 0 aromatic carbocycles. The number of nitrogens with one attached hydrogen (secondary N) is 1. The minimum Gasteiger partial charge on any atom is -0.383 e. The lowest BCUT2D eigenvalue weighted by molar-refractivity contribution is -0.115. The van der Waals surface area contributed by atoms with Crippen LogP contribution in [-0.2, 0) is 17.6 Å². The number of rotatable bonds is 1. The van der Waals surface area contributed by atoms with Gasteiger partial charge in [-0.2, -0.15) is 0 Å². The van der Waals surface area contributed by atoms with Gasteiger partial charge in [0.1, 0.15) is 17.5 Å². The molecule has 0 spiro atoms. The van der Waals surface area contributed by atoms with Gasteiger partial charge in [-0.25, -0.2) is 9.97 Å². The van der Waals surface area contributed by atoms with Gasteiger partial charge in [-0.3, -0.25) is 4.79 Å². The summed E-state index contributed by atoms with van der Waals surface area (Å²) in [6.45, 7) is 1.94. The van der Waals surface area contributed by atoms with Crippen molar-refractivity contribution in [2.45, 2.75) is 19.8 Å². The SMILES string of the molecule is CCc1nc(N)c2c(n1)NC(=O)C2. The van der Waals surface area contributed by atoms with Gasteiger partial charge in [-0.1, -0.05) is 6.92 Å². The summed E-state index contributed by atoms with van der Waals surface area (Å²) in [5.74, 6) is 1.59. The number of nitrogen functional groups attached to an aromatic ring is 1. The zero-order valence-corrected chi connectivity index (χ0v) is 7.29. The van der Waals surface area contributed by atoms with E-state index in [2.05, 4.69) is 15.3 Å². The van der Waals surface area contributed by atoms with E-state index in [1.54, 1.807) is 0 Å². The number of amides is 1. The van der Waals surface area contributed by atoms with E-state index in [4.69, 9.17) is 5.73 Å².